The van der Waals surface area contributed by atoms with Crippen LogP contribution in [0.25, 0.3) is 0 Å². The number of phenolic OH excluding ortho intramolecular Hbond substituents is 1. The number of aromatic hydroxyl groups is 1. The average molecular weight is 534 g/mol. The monoisotopic (exact) mass is 533 g/mol. The van der Waals surface area contributed by atoms with Crippen LogP contribution in [0.5, 0.6) is 5.75 Å². The molecular weight excluding hydrogens is 502 g/mol. The van der Waals surface area contributed by atoms with Crippen molar-refractivity contribution in [1.29, 1.82) is 0 Å². The Morgan fingerprint density at radius 2 is 1.82 bits per heavy atom. The van der Waals surface area contributed by atoms with Crippen molar-refractivity contribution in [3.8, 4) is 5.75 Å². The van der Waals surface area contributed by atoms with Gasteiger partial charge in [-0.1, -0.05) is 30.3 Å². The van der Waals surface area contributed by atoms with Gasteiger partial charge in [0.25, 0.3) is 5.91 Å². The first-order chi connectivity index (χ1) is 18.5. The number of ketones is 2. The number of carbonyl (C=O) groups excluding carboxylic acids is 3. The van der Waals surface area contributed by atoms with Gasteiger partial charge in [-0.15, -0.1) is 0 Å². The number of hydrogen-bond acceptors (Lipinski definition) is 9. The van der Waals surface area contributed by atoms with E-state index in [1.165, 1.54) is 0 Å². The number of carbonyl (C=O) groups is 3. The van der Waals surface area contributed by atoms with E-state index in [0.717, 1.165) is 5.56 Å². The quantitative estimate of drug-likeness (QED) is 0.241. The molecule has 3 aliphatic rings. The molecule has 0 bridgehead atoms. The van der Waals surface area contributed by atoms with Gasteiger partial charge in [0.1, 0.15) is 22.8 Å². The number of phenols is 1. The number of fused-ring (bicyclic) bond motifs is 3. The molecule has 10 heteroatoms. The zero-order valence-corrected chi connectivity index (χ0v) is 21.7. The van der Waals surface area contributed by atoms with Crippen LogP contribution in [0.4, 0.5) is 11.4 Å². The summed E-state index contributed by atoms with van der Waals surface area (Å²) in [7, 11) is 3.64. The van der Waals surface area contributed by atoms with Crippen molar-refractivity contribution in [2.24, 2.45) is 17.6 Å². The molecule has 0 radical (unpaired) electrons. The Labute approximate surface area is 225 Å². The third-order valence-corrected chi connectivity index (χ3v) is 8.09. The molecule has 0 saturated carbocycles. The van der Waals surface area contributed by atoms with E-state index in [9.17, 15) is 34.8 Å². The number of nitrogens with two attached hydrogens (primary N) is 1. The topological polar surface area (TPSA) is 173 Å². The van der Waals surface area contributed by atoms with Gasteiger partial charge < -0.3 is 36.4 Å². The van der Waals surface area contributed by atoms with Crippen LogP contribution in [0.3, 0.4) is 0 Å². The maximum absolute atomic E-state index is 13.9. The lowest BCUT2D eigenvalue weighted by Gasteiger charge is -2.46. The number of allylic oxidation sites excluding steroid dienone is 2. The standard InChI is InChI=1S/C29H31N3O7/c1-32(2)19-13-18(31-9-8-14-6-4-3-5-7-14)24(34)22-17(19)11-15-10-16-12-20(33)23(28(30)38)27(37)29(16,39)26(36)21(15)25(22)35/h3-7,13,15-16,31,33-34,36,39H,8-12H2,1-2H3,(H2,30,38)/t15-,16+,29+/m1/s1. The third-order valence-electron chi connectivity index (χ3n) is 8.09. The largest absolute Gasteiger partial charge is 0.511 e. The fraction of sp³-hybridized carbons (Fsp3) is 0.345. The molecule has 0 aromatic heterocycles. The Bertz CT molecular complexity index is 1460. The first-order valence-electron chi connectivity index (χ1n) is 12.8. The van der Waals surface area contributed by atoms with Crippen molar-refractivity contribution in [2.45, 2.75) is 31.3 Å². The molecule has 10 nitrogen and oxygen atoms in total. The van der Waals surface area contributed by atoms with Crippen LogP contribution in [0.1, 0.15) is 34.3 Å². The van der Waals surface area contributed by atoms with Crippen molar-refractivity contribution in [2.75, 3.05) is 30.9 Å². The minimum atomic E-state index is -2.58. The predicted octanol–water partition coefficient (Wildman–Crippen LogP) is 2.30. The molecule has 2 aromatic rings. The lowest BCUT2D eigenvalue weighted by molar-refractivity contribution is -0.144. The molecule has 0 unspecified atom stereocenters. The molecule has 0 aliphatic heterocycles. The van der Waals surface area contributed by atoms with Crippen molar-refractivity contribution >= 4 is 28.8 Å². The zero-order valence-electron chi connectivity index (χ0n) is 21.7. The summed E-state index contributed by atoms with van der Waals surface area (Å²) in [6.45, 7) is 0.482. The molecule has 3 atom stereocenters. The summed E-state index contributed by atoms with van der Waals surface area (Å²) in [5.41, 5.74) is 4.42. The molecule has 0 heterocycles. The van der Waals surface area contributed by atoms with Crippen LogP contribution in [0.2, 0.25) is 0 Å². The van der Waals surface area contributed by atoms with E-state index in [1.807, 2.05) is 49.3 Å². The summed E-state index contributed by atoms with van der Waals surface area (Å²) in [6.07, 6.45) is 0.758. The number of nitrogens with one attached hydrogen (secondary N) is 1. The normalized spacial score (nSPS) is 24.2. The van der Waals surface area contributed by atoms with Gasteiger partial charge in [0.2, 0.25) is 5.78 Å². The number of aliphatic hydroxyl groups is 3. The highest BCUT2D eigenvalue weighted by Gasteiger charge is 2.59. The zero-order chi connectivity index (χ0) is 28.2. The Balaban J connectivity index is 1.57. The molecule has 39 heavy (non-hydrogen) atoms. The highest BCUT2D eigenvalue weighted by Crippen LogP contribution is 2.53. The lowest BCUT2D eigenvalue weighted by Crippen LogP contribution is -2.57. The second-order valence-electron chi connectivity index (χ2n) is 10.6. The minimum absolute atomic E-state index is 0.0139. The number of aliphatic hydroxyl groups excluding tert-OH is 2. The Kier molecular flexibility index (Phi) is 6.38. The van der Waals surface area contributed by atoms with Gasteiger partial charge in [-0.05, 0) is 42.4 Å². The van der Waals surface area contributed by atoms with E-state index < -0.39 is 52.0 Å². The Morgan fingerprint density at radius 1 is 1.13 bits per heavy atom. The van der Waals surface area contributed by atoms with Crippen LogP contribution < -0.4 is 16.0 Å². The predicted molar refractivity (Wildman–Crippen MR) is 144 cm³/mol. The molecule has 7 N–H and O–H groups in total. The second kappa shape index (κ2) is 9.46. The molecule has 1 amide bonds. The van der Waals surface area contributed by atoms with Crippen LogP contribution in [-0.2, 0) is 22.4 Å². The average Bonchev–Trinajstić information content (AvgIpc) is 2.87. The van der Waals surface area contributed by atoms with Crippen LogP contribution in [0, 0.1) is 11.8 Å². The Hall–Kier alpha value is -4.31. The number of primary amides is 1. The number of hydrogen-bond donors (Lipinski definition) is 6. The summed E-state index contributed by atoms with van der Waals surface area (Å²) >= 11 is 0. The highest BCUT2D eigenvalue weighted by molar-refractivity contribution is 6.24. The summed E-state index contributed by atoms with van der Waals surface area (Å²) in [4.78, 5) is 40.7. The summed E-state index contributed by atoms with van der Waals surface area (Å²) in [5.74, 6) is -6.41. The number of anilines is 2. The minimum Gasteiger partial charge on any atom is -0.511 e. The summed E-state index contributed by atoms with van der Waals surface area (Å²) < 4.78 is 0. The van der Waals surface area contributed by atoms with Gasteiger partial charge in [0.15, 0.2) is 11.4 Å². The molecule has 0 saturated heterocycles. The van der Waals surface area contributed by atoms with Gasteiger partial charge in [0.05, 0.1) is 11.3 Å². The lowest BCUT2D eigenvalue weighted by atomic mass is 9.60. The molecule has 204 valence electrons. The number of rotatable bonds is 6. The van der Waals surface area contributed by atoms with Gasteiger partial charge in [-0.2, -0.15) is 0 Å². The fourth-order valence-electron chi connectivity index (χ4n) is 6.19. The molecule has 5 rings (SSSR count). The van der Waals surface area contributed by atoms with Gasteiger partial charge in [0, 0.05) is 44.2 Å². The first-order valence-corrected chi connectivity index (χ1v) is 12.8. The van der Waals surface area contributed by atoms with E-state index in [0.29, 0.717) is 29.9 Å². The van der Waals surface area contributed by atoms with E-state index in [-0.39, 0.29) is 36.1 Å². The molecule has 3 aliphatic carbocycles. The SMILES string of the molecule is CN(C)c1cc(NCCc2ccccc2)c(O)c2c1C[C@H]1C[C@H]3CC(O)=C(C(N)=O)C(=O)[C@@]3(O)C(O)=C1C2=O. The van der Waals surface area contributed by atoms with Crippen molar-refractivity contribution in [3.63, 3.8) is 0 Å². The van der Waals surface area contributed by atoms with Crippen LogP contribution in [0.15, 0.2) is 59.1 Å². The molecular formula is C29H31N3O7. The Morgan fingerprint density at radius 3 is 2.46 bits per heavy atom. The number of Topliss-reactive ketones (excluding diaryl/α,β-unsaturated/α-hetero) is 2. The van der Waals surface area contributed by atoms with E-state index in [4.69, 9.17) is 5.73 Å². The highest BCUT2D eigenvalue weighted by atomic mass is 16.3. The van der Waals surface area contributed by atoms with Crippen LogP contribution >= 0.6 is 0 Å². The van der Waals surface area contributed by atoms with E-state index >= 15 is 0 Å². The molecule has 0 fully saturated rings. The van der Waals surface area contributed by atoms with Crippen molar-refractivity contribution in [3.05, 3.63) is 75.8 Å². The summed E-state index contributed by atoms with van der Waals surface area (Å²) in [6, 6.07) is 11.6. The summed E-state index contributed by atoms with van der Waals surface area (Å²) in [5, 5.41) is 47.4. The van der Waals surface area contributed by atoms with Crippen LogP contribution in [-0.4, -0.2) is 64.1 Å². The maximum Gasteiger partial charge on any atom is 0.255 e. The number of benzene rings is 2. The second-order valence-corrected chi connectivity index (χ2v) is 10.6. The number of amides is 1. The van der Waals surface area contributed by atoms with Gasteiger partial charge in [-0.3, -0.25) is 14.4 Å². The van der Waals surface area contributed by atoms with E-state index in [2.05, 4.69) is 5.32 Å². The molecule has 0 spiro atoms. The van der Waals surface area contributed by atoms with Gasteiger partial charge in [-0.25, -0.2) is 0 Å². The van der Waals surface area contributed by atoms with Crippen molar-refractivity contribution < 1.29 is 34.8 Å². The molecule has 2 aromatic carbocycles. The number of nitrogens with zero attached hydrogens (tertiary/aromatic N) is 1. The van der Waals surface area contributed by atoms with Gasteiger partial charge >= 0.3 is 0 Å². The third kappa shape index (κ3) is 4.02. The van der Waals surface area contributed by atoms with Crippen molar-refractivity contribution in [1.82, 2.24) is 0 Å². The maximum atomic E-state index is 13.9. The van der Waals surface area contributed by atoms with E-state index in [1.54, 1.807) is 6.07 Å². The fourth-order valence-corrected chi connectivity index (χ4v) is 6.19. The first kappa shape index (κ1) is 26.3. The smallest absolute Gasteiger partial charge is 0.255 e.